The first-order valence-corrected chi connectivity index (χ1v) is 8.61. The zero-order valence-electron chi connectivity index (χ0n) is 15.4. The molecular weight excluding hydrogens is 320 g/mol. The van der Waals surface area contributed by atoms with Crippen molar-refractivity contribution in [3.63, 3.8) is 0 Å². The summed E-state index contributed by atoms with van der Waals surface area (Å²) >= 11 is 0. The van der Waals surface area contributed by atoms with E-state index in [2.05, 4.69) is 62.2 Å². The van der Waals surface area contributed by atoms with Crippen molar-refractivity contribution in [3.8, 4) is 11.3 Å². The average molecular weight is 344 g/mol. The summed E-state index contributed by atoms with van der Waals surface area (Å²) in [6.45, 7) is 6.62. The fourth-order valence-electron chi connectivity index (χ4n) is 2.86. The lowest BCUT2D eigenvalue weighted by Gasteiger charge is -2.19. The van der Waals surface area contributed by atoms with Crippen molar-refractivity contribution >= 4 is 22.4 Å². The van der Waals surface area contributed by atoms with Gasteiger partial charge in [0.25, 0.3) is 0 Å². The minimum absolute atomic E-state index is 0.114. The molecule has 0 saturated carbocycles. The van der Waals surface area contributed by atoms with E-state index in [-0.39, 0.29) is 5.41 Å². The molecule has 0 atom stereocenters. The Morgan fingerprint density at radius 3 is 2.38 bits per heavy atom. The van der Waals surface area contributed by atoms with Gasteiger partial charge in [0.1, 0.15) is 5.84 Å². The maximum absolute atomic E-state index is 5.86. The summed E-state index contributed by atoms with van der Waals surface area (Å²) in [6, 6.07) is 18.6. The highest BCUT2D eigenvalue weighted by Gasteiger charge is 2.14. The quantitative estimate of drug-likeness (QED) is 0.536. The zero-order chi connectivity index (χ0) is 18.7. The van der Waals surface area contributed by atoms with Crippen LogP contribution in [0.3, 0.4) is 0 Å². The molecule has 0 fully saturated rings. The van der Waals surface area contributed by atoms with E-state index in [0.29, 0.717) is 11.7 Å². The van der Waals surface area contributed by atoms with Gasteiger partial charge in [0.05, 0.1) is 5.69 Å². The van der Waals surface area contributed by atoms with Gasteiger partial charge in [-0.15, -0.1) is 0 Å². The monoisotopic (exact) mass is 344 g/mol. The van der Waals surface area contributed by atoms with Crippen molar-refractivity contribution in [2.45, 2.75) is 26.2 Å². The van der Waals surface area contributed by atoms with Crippen molar-refractivity contribution < 1.29 is 0 Å². The number of nitrogens with two attached hydrogens (primary N) is 2. The first kappa shape index (κ1) is 17.7. The molecule has 4 heteroatoms. The molecule has 1 heterocycles. The predicted octanol–water partition coefficient (Wildman–Crippen LogP) is 4.66. The van der Waals surface area contributed by atoms with Crippen LogP contribution in [0.15, 0.2) is 71.9 Å². The molecule has 3 rings (SSSR count). The third-order valence-corrected chi connectivity index (χ3v) is 4.26. The lowest BCUT2D eigenvalue weighted by atomic mass is 9.86. The molecule has 1 aromatic heterocycles. The van der Waals surface area contributed by atoms with Gasteiger partial charge in [0.2, 0.25) is 0 Å². The van der Waals surface area contributed by atoms with Gasteiger partial charge in [-0.3, -0.25) is 0 Å². The smallest absolute Gasteiger partial charge is 0.155 e. The summed E-state index contributed by atoms with van der Waals surface area (Å²) in [5.74, 6) is 0.888. The molecule has 3 aromatic rings. The van der Waals surface area contributed by atoms with Crippen LogP contribution in [0.2, 0.25) is 0 Å². The van der Waals surface area contributed by atoms with E-state index in [4.69, 9.17) is 16.5 Å². The predicted molar refractivity (Wildman–Crippen MR) is 110 cm³/mol. The first-order chi connectivity index (χ1) is 12.4. The molecule has 0 aliphatic carbocycles. The van der Waals surface area contributed by atoms with Gasteiger partial charge >= 0.3 is 0 Å². The SMILES string of the molecule is CC(C)(C)c1ccc(-c2nc(/N=C(N)\C=C/N)cc3ccccc23)cc1. The Morgan fingerprint density at radius 1 is 1.04 bits per heavy atom. The fraction of sp³-hybridized carbons (Fsp3) is 0.182. The minimum atomic E-state index is 0.114. The number of amidine groups is 1. The molecule has 2 aromatic carbocycles. The van der Waals surface area contributed by atoms with E-state index in [1.54, 1.807) is 6.08 Å². The number of fused-ring (bicyclic) bond motifs is 1. The van der Waals surface area contributed by atoms with E-state index in [0.717, 1.165) is 22.0 Å². The summed E-state index contributed by atoms with van der Waals surface area (Å²) in [7, 11) is 0. The Hall–Kier alpha value is -3.14. The molecular formula is C22H24N4. The largest absolute Gasteiger partial charge is 0.404 e. The van der Waals surface area contributed by atoms with Crippen LogP contribution < -0.4 is 11.5 Å². The molecule has 0 aliphatic heterocycles. The molecule has 0 unspecified atom stereocenters. The second-order valence-corrected chi connectivity index (χ2v) is 7.27. The van der Waals surface area contributed by atoms with Crippen molar-refractivity contribution in [1.29, 1.82) is 0 Å². The summed E-state index contributed by atoms with van der Waals surface area (Å²) < 4.78 is 0. The number of hydrogen-bond acceptors (Lipinski definition) is 3. The van der Waals surface area contributed by atoms with Crippen LogP contribution in [0.25, 0.3) is 22.0 Å². The third-order valence-electron chi connectivity index (χ3n) is 4.26. The highest BCUT2D eigenvalue weighted by atomic mass is 15.0. The van der Waals surface area contributed by atoms with Gasteiger partial charge < -0.3 is 11.5 Å². The van der Waals surface area contributed by atoms with Gasteiger partial charge in [-0.1, -0.05) is 69.3 Å². The normalized spacial score (nSPS) is 12.8. The molecule has 0 bridgehead atoms. The van der Waals surface area contributed by atoms with Gasteiger partial charge in [-0.05, 0) is 34.7 Å². The van der Waals surface area contributed by atoms with E-state index in [1.165, 1.54) is 11.8 Å². The number of rotatable bonds is 3. The second kappa shape index (κ2) is 7.00. The molecule has 0 spiro atoms. The first-order valence-electron chi connectivity index (χ1n) is 8.61. The van der Waals surface area contributed by atoms with Crippen LogP contribution in [-0.2, 0) is 5.41 Å². The highest BCUT2D eigenvalue weighted by Crippen LogP contribution is 2.31. The molecule has 0 saturated heterocycles. The van der Waals surface area contributed by atoms with Crippen LogP contribution >= 0.6 is 0 Å². The molecule has 4 N–H and O–H groups in total. The number of aromatic nitrogens is 1. The van der Waals surface area contributed by atoms with Gasteiger partial charge in [-0.2, -0.15) is 0 Å². The van der Waals surface area contributed by atoms with Crippen molar-refractivity contribution in [3.05, 3.63) is 72.4 Å². The average Bonchev–Trinajstić information content (AvgIpc) is 2.60. The van der Waals surface area contributed by atoms with Gasteiger partial charge in [-0.25, -0.2) is 9.98 Å². The van der Waals surface area contributed by atoms with Crippen LogP contribution in [-0.4, -0.2) is 10.8 Å². The number of pyridine rings is 1. The lowest BCUT2D eigenvalue weighted by molar-refractivity contribution is 0.590. The lowest BCUT2D eigenvalue weighted by Crippen LogP contribution is -2.10. The Labute approximate surface area is 154 Å². The molecule has 0 radical (unpaired) electrons. The summed E-state index contributed by atoms with van der Waals surface area (Å²) in [5, 5.41) is 2.16. The maximum Gasteiger partial charge on any atom is 0.155 e. The number of aliphatic imine (C=N–C) groups is 1. The molecule has 132 valence electrons. The minimum Gasteiger partial charge on any atom is -0.404 e. The Balaban J connectivity index is 2.16. The van der Waals surface area contributed by atoms with Crippen LogP contribution in [0.4, 0.5) is 5.82 Å². The Bertz CT molecular complexity index is 977. The summed E-state index contributed by atoms with van der Waals surface area (Å²) in [4.78, 5) is 9.10. The Kier molecular flexibility index (Phi) is 4.76. The topological polar surface area (TPSA) is 77.3 Å². The van der Waals surface area contributed by atoms with E-state index in [9.17, 15) is 0 Å². The zero-order valence-corrected chi connectivity index (χ0v) is 15.4. The van der Waals surface area contributed by atoms with Gasteiger partial charge in [0, 0.05) is 10.9 Å². The second-order valence-electron chi connectivity index (χ2n) is 7.27. The molecule has 0 aliphatic rings. The van der Waals surface area contributed by atoms with Crippen molar-refractivity contribution in [2.24, 2.45) is 16.5 Å². The Morgan fingerprint density at radius 2 is 1.73 bits per heavy atom. The van der Waals surface area contributed by atoms with Crippen LogP contribution in [0, 0.1) is 0 Å². The number of nitrogens with zero attached hydrogens (tertiary/aromatic N) is 2. The van der Waals surface area contributed by atoms with E-state index < -0.39 is 0 Å². The van der Waals surface area contributed by atoms with Crippen molar-refractivity contribution in [1.82, 2.24) is 4.98 Å². The molecule has 4 nitrogen and oxygen atoms in total. The number of hydrogen-bond donors (Lipinski definition) is 2. The van der Waals surface area contributed by atoms with E-state index >= 15 is 0 Å². The molecule has 0 amide bonds. The highest BCUT2D eigenvalue weighted by molar-refractivity contribution is 5.98. The van der Waals surface area contributed by atoms with E-state index in [1.807, 2.05) is 18.2 Å². The maximum atomic E-state index is 5.86. The third kappa shape index (κ3) is 3.75. The fourth-order valence-corrected chi connectivity index (χ4v) is 2.86. The van der Waals surface area contributed by atoms with Crippen LogP contribution in [0.5, 0.6) is 0 Å². The summed E-state index contributed by atoms with van der Waals surface area (Å²) in [5.41, 5.74) is 14.6. The van der Waals surface area contributed by atoms with Gasteiger partial charge in [0.15, 0.2) is 5.82 Å². The van der Waals surface area contributed by atoms with Crippen molar-refractivity contribution in [2.75, 3.05) is 0 Å². The summed E-state index contributed by atoms with van der Waals surface area (Å²) in [6.07, 6.45) is 2.92. The van der Waals surface area contributed by atoms with Crippen LogP contribution in [0.1, 0.15) is 26.3 Å². The molecule has 26 heavy (non-hydrogen) atoms. The number of benzene rings is 2. The standard InChI is InChI=1S/C22H24N4/c1-22(2,3)17-10-8-15(9-11-17)21-18-7-5-4-6-16(18)14-20(26-21)25-19(24)12-13-23/h4-14H,23H2,1-3H3,(H2,24,25,26)/b13-12-.